The minimum Gasteiger partial charge on any atom is -0.894 e. The van der Waals surface area contributed by atoms with Crippen LogP contribution >= 0.6 is 0 Å². The minimum absolute atomic E-state index is 0. The standard InChI is InChI=1S/5O4Si.4Sb/c5*1-5(2,3)4;;;;/q5*-4;4*+5. The summed E-state index contributed by atoms with van der Waals surface area (Å²) in [5.41, 5.74) is 0. The topological polar surface area (TPSA) is 461 Å². The van der Waals surface area contributed by atoms with Gasteiger partial charge in [-0.15, -0.1) is 0 Å². The molecule has 0 fully saturated rings. The smallest absolute Gasteiger partial charge is 0.894 e. The first-order chi connectivity index (χ1) is 10.0. The van der Waals surface area contributed by atoms with Gasteiger partial charge in [0.2, 0.25) is 0 Å². The Morgan fingerprint density at radius 2 is 0.172 bits per heavy atom. The molecule has 0 aromatic rings. The van der Waals surface area contributed by atoms with Crippen LogP contribution in [0.15, 0.2) is 0 Å². The van der Waals surface area contributed by atoms with E-state index in [0.29, 0.717) is 0 Å². The van der Waals surface area contributed by atoms with Gasteiger partial charge in [-0.1, -0.05) is 0 Å². The van der Waals surface area contributed by atoms with Crippen molar-refractivity contribution in [3.05, 3.63) is 0 Å². The van der Waals surface area contributed by atoms with Gasteiger partial charge in [0, 0.05) is 0 Å². The van der Waals surface area contributed by atoms with Crippen molar-refractivity contribution in [3.8, 4) is 0 Å². The van der Waals surface area contributed by atoms with Gasteiger partial charge in [-0.3, -0.25) is 0 Å². The van der Waals surface area contributed by atoms with Crippen LogP contribution in [0.1, 0.15) is 0 Å². The van der Waals surface area contributed by atoms with E-state index in [4.69, 9.17) is 95.9 Å². The normalized spacial score (nSPS) is 10.3. The zero-order valence-electron chi connectivity index (χ0n) is 12.5. The van der Waals surface area contributed by atoms with Crippen molar-refractivity contribution in [2.24, 2.45) is 0 Å². The van der Waals surface area contributed by atoms with E-state index in [0.717, 1.165) is 0 Å². The third-order valence-electron chi connectivity index (χ3n) is 0. The molecule has 0 aromatic carbocycles. The Morgan fingerprint density at radius 1 is 0.172 bits per heavy atom. The summed E-state index contributed by atoms with van der Waals surface area (Å²) < 4.78 is 0. The van der Waals surface area contributed by atoms with Crippen molar-refractivity contribution in [2.45, 2.75) is 0 Å². The summed E-state index contributed by atoms with van der Waals surface area (Å²) in [5, 5.41) is 0. The Balaban J connectivity index is -0.0000000238. The summed E-state index contributed by atoms with van der Waals surface area (Å²) in [5.74, 6) is 0. The third kappa shape index (κ3) is 2180. The Kier molecular flexibility index (Phi) is 52.7. The van der Waals surface area contributed by atoms with E-state index in [-0.39, 0.29) is 97.7 Å². The molecule has 0 radical (unpaired) electrons. The fraction of sp³-hybridized carbons (Fsp3) is 0. The fourth-order valence-electron chi connectivity index (χ4n) is 0. The molecule has 0 N–H and O–H groups in total. The second-order valence-electron chi connectivity index (χ2n) is 2.50. The van der Waals surface area contributed by atoms with Crippen LogP contribution in [-0.4, -0.2) is 143 Å². The Bertz CT molecular complexity index is 182. The predicted molar refractivity (Wildman–Crippen MR) is 51.8 cm³/mol. The summed E-state index contributed by atoms with van der Waals surface area (Å²) in [6, 6.07) is 0. The molecule has 0 aliphatic rings. The fourth-order valence-corrected chi connectivity index (χ4v) is 0. The van der Waals surface area contributed by atoms with Crippen LogP contribution in [0.4, 0.5) is 0 Å². The van der Waals surface area contributed by atoms with Crippen LogP contribution < -0.4 is 95.9 Å². The van der Waals surface area contributed by atoms with E-state index in [2.05, 4.69) is 0 Å². The van der Waals surface area contributed by atoms with Gasteiger partial charge in [0.1, 0.15) is 0 Å². The van der Waals surface area contributed by atoms with Gasteiger partial charge in [0.25, 0.3) is 0 Å². The maximum Gasteiger partial charge on any atom is 5.00 e. The second kappa shape index (κ2) is 26.2. The summed E-state index contributed by atoms with van der Waals surface area (Å²) in [6.07, 6.45) is 0. The first-order valence-corrected chi connectivity index (χ1v) is 12.2. The van der Waals surface area contributed by atoms with Crippen LogP contribution in [0.2, 0.25) is 0 Å². The molecule has 0 bridgehead atoms. The zero-order chi connectivity index (χ0) is 22.5. The number of hydrogen-bond acceptors (Lipinski definition) is 20. The van der Waals surface area contributed by atoms with E-state index >= 15 is 0 Å². The summed E-state index contributed by atoms with van der Waals surface area (Å²) >= 11 is 0. The molecule has 160 valence electrons. The van der Waals surface area contributed by atoms with E-state index in [9.17, 15) is 0 Å². The maximum absolute atomic E-state index is 8.58. The van der Waals surface area contributed by atoms with Crippen LogP contribution in [0, 0.1) is 0 Å². The Labute approximate surface area is 236 Å². The van der Waals surface area contributed by atoms with Gasteiger partial charge >= 0.3 is 97.7 Å². The zero-order valence-corrected chi connectivity index (χ0v) is 27.7. The van der Waals surface area contributed by atoms with Gasteiger partial charge in [-0.25, -0.2) is 0 Å². The van der Waals surface area contributed by atoms with Gasteiger partial charge in [0.05, 0.1) is 0 Å². The maximum atomic E-state index is 8.58. The summed E-state index contributed by atoms with van der Waals surface area (Å²) in [7, 11) is -28.1. The molecule has 0 spiro atoms. The van der Waals surface area contributed by atoms with E-state index in [1.54, 1.807) is 0 Å². The van der Waals surface area contributed by atoms with Crippen LogP contribution in [0.25, 0.3) is 0 Å². The van der Waals surface area contributed by atoms with Crippen molar-refractivity contribution in [2.75, 3.05) is 0 Å². The molecule has 29 heteroatoms. The average molecular weight is 947 g/mol. The largest absolute Gasteiger partial charge is 5.00 e. The van der Waals surface area contributed by atoms with Crippen molar-refractivity contribution in [3.63, 3.8) is 0 Å². The van der Waals surface area contributed by atoms with Crippen molar-refractivity contribution >= 4 is 143 Å². The van der Waals surface area contributed by atoms with E-state index in [1.165, 1.54) is 0 Å². The van der Waals surface area contributed by atoms with E-state index < -0.39 is 45.2 Å². The third-order valence-corrected chi connectivity index (χ3v) is 0. The van der Waals surface area contributed by atoms with E-state index in [1.807, 2.05) is 0 Å². The van der Waals surface area contributed by atoms with Gasteiger partial charge < -0.3 is 141 Å². The predicted octanol–water partition coefficient (Wildman–Crippen LogP) is -27.2. The quantitative estimate of drug-likeness (QED) is 0.203. The molecule has 0 aliphatic heterocycles. The monoisotopic (exact) mass is 943 g/mol. The molecular weight excluding hydrogens is 947 g/mol. The molecule has 0 atom stereocenters. The first kappa shape index (κ1) is 58.4. The van der Waals surface area contributed by atoms with Crippen molar-refractivity contribution in [1.29, 1.82) is 0 Å². The van der Waals surface area contributed by atoms with Gasteiger partial charge in [-0.05, 0) is 0 Å². The summed E-state index contributed by atoms with van der Waals surface area (Å²) in [4.78, 5) is 172. The van der Waals surface area contributed by atoms with Gasteiger partial charge in [-0.2, -0.15) is 0 Å². The average Bonchev–Trinajstić information content (AvgIpc) is 1.79. The van der Waals surface area contributed by atoms with Crippen molar-refractivity contribution < 1.29 is 95.9 Å². The van der Waals surface area contributed by atoms with Gasteiger partial charge in [0.15, 0.2) is 0 Å². The molecular formula is O20Sb4Si5. The first-order valence-electron chi connectivity index (χ1n) is 4.08. The molecule has 0 aliphatic carbocycles. The number of hydrogen-bond donors (Lipinski definition) is 0. The molecule has 0 heterocycles. The molecule has 0 rings (SSSR count). The SMILES string of the molecule is [O-][Si]([O-])([O-])[O-].[O-][Si]([O-])([O-])[O-].[O-][Si]([O-])([O-])[O-].[O-][Si]([O-])([O-])[O-].[O-][Si]([O-])([O-])[O-].[Sb+5].[Sb+5].[Sb+5].[Sb+5]. The minimum atomic E-state index is -5.61. The summed E-state index contributed by atoms with van der Waals surface area (Å²) in [6.45, 7) is 0. The van der Waals surface area contributed by atoms with Crippen LogP contribution in [0.3, 0.4) is 0 Å². The van der Waals surface area contributed by atoms with Crippen LogP contribution in [0.5, 0.6) is 0 Å². The molecule has 29 heavy (non-hydrogen) atoms. The molecule has 20 nitrogen and oxygen atoms in total. The second-order valence-corrected chi connectivity index (χ2v) is 7.50. The molecule has 0 amide bonds. The molecule has 0 aromatic heterocycles. The van der Waals surface area contributed by atoms with Crippen LogP contribution in [-0.2, 0) is 0 Å². The molecule has 0 unspecified atom stereocenters. The van der Waals surface area contributed by atoms with Crippen molar-refractivity contribution in [1.82, 2.24) is 0 Å². The Morgan fingerprint density at radius 3 is 0.172 bits per heavy atom. The number of rotatable bonds is 0. The Hall–Kier alpha value is 3.56. The molecule has 0 saturated carbocycles. The molecule has 0 saturated heterocycles.